The van der Waals surface area contributed by atoms with E-state index in [0.29, 0.717) is 35.8 Å². The van der Waals surface area contributed by atoms with Gasteiger partial charge in [0, 0.05) is 12.8 Å². The van der Waals surface area contributed by atoms with Crippen LogP contribution in [-0.4, -0.2) is 89.1 Å². The number of fused-ring (bicyclic) bond motifs is 4. The lowest BCUT2D eigenvalue weighted by atomic mass is 10.0. The van der Waals surface area contributed by atoms with Crippen molar-refractivity contribution in [3.05, 3.63) is 9.54 Å². The molecule has 4 saturated heterocycles. The Morgan fingerprint density at radius 2 is 1.19 bits per heavy atom. The van der Waals surface area contributed by atoms with E-state index in [-0.39, 0.29) is 48.7 Å². The zero-order valence-corrected chi connectivity index (χ0v) is 18.2. The molecule has 170 valence electrons. The Morgan fingerprint density at radius 3 is 1.62 bits per heavy atom. The molecule has 4 fully saturated rings. The SMILES string of the molecule is O=C1C[C@@H](n2nnn(CCn3nnn([C@H]4CC(=O)[C@@H]5OC[C@H]4O5)c3=S)c2=S)[C@@H]2CO[C@@H]1O2. The van der Waals surface area contributed by atoms with Crippen LogP contribution in [0.2, 0.25) is 0 Å². The summed E-state index contributed by atoms with van der Waals surface area (Å²) in [6.07, 6.45) is -1.68. The number of carbonyl (C=O) groups excluding carboxylic acids is 2. The minimum Gasteiger partial charge on any atom is -0.343 e. The van der Waals surface area contributed by atoms with Crippen LogP contribution in [0.5, 0.6) is 0 Å². The van der Waals surface area contributed by atoms with Crippen molar-refractivity contribution < 1.29 is 28.5 Å². The molecule has 4 bridgehead atoms. The Morgan fingerprint density at radius 1 is 0.750 bits per heavy atom. The minimum atomic E-state index is -0.781. The summed E-state index contributed by atoms with van der Waals surface area (Å²) < 4.78 is 28.7. The third kappa shape index (κ3) is 3.20. The smallest absolute Gasteiger partial charge is 0.218 e. The van der Waals surface area contributed by atoms with Gasteiger partial charge in [0.05, 0.1) is 38.4 Å². The highest BCUT2D eigenvalue weighted by atomic mass is 32.1. The van der Waals surface area contributed by atoms with Crippen molar-refractivity contribution in [1.29, 1.82) is 0 Å². The van der Waals surface area contributed by atoms with Crippen molar-refractivity contribution in [3.8, 4) is 0 Å². The average Bonchev–Trinajstić information content (AvgIpc) is 3.55. The maximum atomic E-state index is 12.1. The summed E-state index contributed by atoms with van der Waals surface area (Å²) in [4.78, 5) is 24.2. The first-order chi connectivity index (χ1) is 15.5. The number of carbonyl (C=O) groups is 2. The van der Waals surface area contributed by atoms with Crippen LogP contribution in [0.25, 0.3) is 0 Å². The number of ketones is 2. The van der Waals surface area contributed by atoms with Crippen LogP contribution in [0, 0.1) is 9.54 Å². The van der Waals surface area contributed by atoms with Gasteiger partial charge in [-0.1, -0.05) is 0 Å². The number of rotatable bonds is 5. The summed E-state index contributed by atoms with van der Waals surface area (Å²) in [5.74, 6) is -0.264. The Labute approximate surface area is 189 Å². The van der Waals surface area contributed by atoms with E-state index < -0.39 is 12.6 Å². The van der Waals surface area contributed by atoms with Gasteiger partial charge in [0.25, 0.3) is 0 Å². The zero-order valence-electron chi connectivity index (χ0n) is 16.6. The molecule has 2 aromatic heterocycles. The van der Waals surface area contributed by atoms with E-state index in [1.807, 2.05) is 0 Å². The van der Waals surface area contributed by atoms with Crippen molar-refractivity contribution in [1.82, 2.24) is 39.6 Å². The number of tetrazole rings is 2. The molecule has 0 aromatic carbocycles. The maximum absolute atomic E-state index is 12.1. The van der Waals surface area contributed by atoms with Gasteiger partial charge in [-0.15, -0.1) is 0 Å². The van der Waals surface area contributed by atoms with Crippen molar-refractivity contribution in [2.24, 2.45) is 0 Å². The van der Waals surface area contributed by atoms with Gasteiger partial charge >= 0.3 is 0 Å². The van der Waals surface area contributed by atoms with E-state index in [2.05, 4.69) is 20.9 Å². The predicted octanol–water partition coefficient (Wildman–Crippen LogP) is -0.857. The number of aromatic nitrogens is 8. The fourth-order valence-electron chi connectivity index (χ4n) is 4.39. The average molecular weight is 483 g/mol. The Balaban J connectivity index is 1.17. The van der Waals surface area contributed by atoms with E-state index in [4.69, 9.17) is 43.4 Å². The molecule has 4 aliphatic heterocycles. The van der Waals surface area contributed by atoms with Gasteiger partial charge in [0.15, 0.2) is 11.6 Å². The van der Waals surface area contributed by atoms with E-state index in [1.54, 1.807) is 0 Å². The lowest BCUT2D eigenvalue weighted by Crippen LogP contribution is -2.37. The fourth-order valence-corrected chi connectivity index (χ4v) is 4.99. The van der Waals surface area contributed by atoms with Crippen molar-refractivity contribution in [2.45, 2.75) is 62.8 Å². The second-order valence-corrected chi connectivity index (χ2v) is 8.74. The third-order valence-corrected chi connectivity index (χ3v) is 6.89. The number of nitrogens with zero attached hydrogens (tertiary/aromatic N) is 8. The largest absolute Gasteiger partial charge is 0.343 e. The molecule has 0 radical (unpaired) electrons. The number of Topliss-reactive ketones (excluding diaryl/α,β-unsaturated/α-hetero) is 2. The molecule has 6 atom stereocenters. The predicted molar refractivity (Wildman–Crippen MR) is 104 cm³/mol. The van der Waals surface area contributed by atoms with Crippen LogP contribution >= 0.6 is 24.4 Å². The Bertz CT molecular complexity index is 1110. The first-order valence-corrected chi connectivity index (χ1v) is 11.0. The zero-order chi connectivity index (χ0) is 22.0. The molecule has 0 spiro atoms. The monoisotopic (exact) mass is 482 g/mol. The molecule has 0 aliphatic carbocycles. The van der Waals surface area contributed by atoms with Gasteiger partial charge in [0.1, 0.15) is 12.2 Å². The van der Waals surface area contributed by atoms with Crippen LogP contribution in [0.3, 0.4) is 0 Å². The van der Waals surface area contributed by atoms with Gasteiger partial charge in [0.2, 0.25) is 22.1 Å². The first kappa shape index (κ1) is 20.4. The minimum absolute atomic E-state index is 0.132. The summed E-state index contributed by atoms with van der Waals surface area (Å²) in [5.41, 5.74) is 0. The summed E-state index contributed by atoms with van der Waals surface area (Å²) in [5, 5.41) is 16.5. The number of hydrogen-bond donors (Lipinski definition) is 0. The van der Waals surface area contributed by atoms with Gasteiger partial charge < -0.3 is 18.9 Å². The molecule has 0 N–H and O–H groups in total. The molecule has 32 heavy (non-hydrogen) atoms. The van der Waals surface area contributed by atoms with Gasteiger partial charge in [-0.25, -0.2) is 18.7 Å². The molecular weight excluding hydrogens is 464 g/mol. The van der Waals surface area contributed by atoms with Crippen LogP contribution in [0.4, 0.5) is 0 Å². The van der Waals surface area contributed by atoms with E-state index in [0.717, 1.165) is 0 Å². The van der Waals surface area contributed by atoms with Crippen molar-refractivity contribution in [3.63, 3.8) is 0 Å². The van der Waals surface area contributed by atoms with Crippen molar-refractivity contribution in [2.75, 3.05) is 13.2 Å². The molecule has 0 unspecified atom stereocenters. The summed E-state index contributed by atoms with van der Waals surface area (Å²) in [6.45, 7) is 1.31. The molecular formula is C16H18N8O6S2. The maximum Gasteiger partial charge on any atom is 0.218 e. The van der Waals surface area contributed by atoms with Crippen molar-refractivity contribution >= 4 is 36.0 Å². The molecule has 4 aliphatic rings. The molecule has 6 rings (SSSR count). The van der Waals surface area contributed by atoms with Gasteiger partial charge in [-0.05, 0) is 45.3 Å². The van der Waals surface area contributed by atoms with Gasteiger partial charge in [-0.2, -0.15) is 0 Å². The normalized spacial score (nSPS) is 33.9. The highest BCUT2D eigenvalue weighted by molar-refractivity contribution is 7.71. The summed E-state index contributed by atoms with van der Waals surface area (Å²) in [6, 6.07) is -0.710. The fraction of sp³-hybridized carbons (Fsp3) is 0.750. The lowest BCUT2D eigenvalue weighted by Gasteiger charge is -2.25. The number of ether oxygens (including phenoxy) is 4. The van der Waals surface area contributed by atoms with Crippen LogP contribution in [-0.2, 0) is 41.6 Å². The summed E-state index contributed by atoms with van der Waals surface area (Å²) >= 11 is 11.0. The van der Waals surface area contributed by atoms with E-state index >= 15 is 0 Å². The lowest BCUT2D eigenvalue weighted by molar-refractivity contribution is -0.156. The standard InChI is InChI=1S/C16H18N8O6S2/c25-9-3-7(11-5-27-13(9)29-11)23-15(31)21(17-19-23)1-2-22-16(32)24(20-18-22)8-4-10(26)14-28-6-12(8)30-14/h7-8,11-14H,1-6H2/t7-,8+,11+,12-,13-,14-/m1/s1. The highest BCUT2D eigenvalue weighted by Gasteiger charge is 2.46. The molecule has 16 heteroatoms. The topological polar surface area (TPSA) is 142 Å². The first-order valence-electron chi connectivity index (χ1n) is 10.1. The summed E-state index contributed by atoms with van der Waals surface area (Å²) in [7, 11) is 0. The van der Waals surface area contributed by atoms with Crippen LogP contribution in [0.15, 0.2) is 0 Å². The molecule has 14 nitrogen and oxygen atoms in total. The van der Waals surface area contributed by atoms with E-state index in [1.165, 1.54) is 18.7 Å². The molecule has 0 saturated carbocycles. The molecule has 2 aromatic rings. The number of aryl methyl sites for hydroxylation is 2. The van der Waals surface area contributed by atoms with Crippen LogP contribution < -0.4 is 0 Å². The van der Waals surface area contributed by atoms with Gasteiger partial charge in [-0.3, -0.25) is 9.59 Å². The van der Waals surface area contributed by atoms with Crippen LogP contribution in [0.1, 0.15) is 24.9 Å². The molecule has 0 amide bonds. The Hall–Kier alpha value is -2.24. The number of hydrogen-bond acceptors (Lipinski definition) is 12. The third-order valence-electron chi connectivity index (χ3n) is 6.10. The second kappa shape index (κ2) is 7.67. The Kier molecular flexibility index (Phi) is 4.88. The van der Waals surface area contributed by atoms with E-state index in [9.17, 15) is 9.59 Å². The molecule has 6 heterocycles. The second-order valence-electron chi connectivity index (χ2n) is 8.01. The highest BCUT2D eigenvalue weighted by Crippen LogP contribution is 2.33. The quantitative estimate of drug-likeness (QED) is 0.490.